The minimum atomic E-state index is -0.454. The van der Waals surface area contributed by atoms with Crippen molar-refractivity contribution in [3.63, 3.8) is 0 Å². The van der Waals surface area contributed by atoms with E-state index in [0.717, 1.165) is 0 Å². The van der Waals surface area contributed by atoms with Crippen molar-refractivity contribution in [1.29, 1.82) is 0 Å². The second-order valence-corrected chi connectivity index (χ2v) is 12.4. The monoisotopic (exact) mass is 846 g/mol. The first kappa shape index (κ1) is 51.6. The fourth-order valence-electron chi connectivity index (χ4n) is 5.48. The van der Waals surface area contributed by atoms with Gasteiger partial charge in [0.15, 0.2) is 0 Å². The molecule has 1 aliphatic carbocycles. The summed E-state index contributed by atoms with van der Waals surface area (Å²) in [6.45, 7) is 12.9. The summed E-state index contributed by atoms with van der Waals surface area (Å²) >= 11 is 0. The summed E-state index contributed by atoms with van der Waals surface area (Å²) in [7, 11) is 0. The van der Waals surface area contributed by atoms with Gasteiger partial charge in [0.1, 0.15) is 6.61 Å². The van der Waals surface area contributed by atoms with Gasteiger partial charge in [-0.15, -0.1) is 12.4 Å². The van der Waals surface area contributed by atoms with Crippen molar-refractivity contribution in [2.45, 2.75) is 5.92 Å². The molecular weight excluding hydrogens is 780 g/mol. The van der Waals surface area contributed by atoms with Crippen LogP contribution in [0.4, 0.5) is 4.79 Å². The van der Waals surface area contributed by atoms with Gasteiger partial charge < -0.3 is 72.6 Å². The van der Waals surface area contributed by atoms with Crippen molar-refractivity contribution >= 4 is 18.5 Å². The number of nitrogens with two attached hydrogens (primary N) is 1. The van der Waals surface area contributed by atoms with Crippen molar-refractivity contribution in [2.24, 2.45) is 5.73 Å². The number of hydrogen-bond acceptors (Lipinski definition) is 15. The van der Waals surface area contributed by atoms with Gasteiger partial charge in [0.25, 0.3) is 0 Å². The zero-order valence-corrected chi connectivity index (χ0v) is 34.8. The number of hydrogen-bond donors (Lipinski definition) is 2. The van der Waals surface area contributed by atoms with Gasteiger partial charge >= 0.3 is 6.09 Å². The third kappa shape index (κ3) is 25.2. The molecule has 1 aliphatic rings. The van der Waals surface area contributed by atoms with Crippen LogP contribution in [-0.2, 0) is 61.6 Å². The maximum Gasteiger partial charge on any atom is 0.407 e. The maximum atomic E-state index is 12.2. The van der Waals surface area contributed by atoms with Crippen LogP contribution in [0.3, 0.4) is 0 Å². The molecule has 2 aromatic carbocycles. The van der Waals surface area contributed by atoms with Gasteiger partial charge in [0.05, 0.1) is 159 Å². The van der Waals surface area contributed by atoms with Gasteiger partial charge in [-0.1, -0.05) is 48.5 Å². The molecule has 16 nitrogen and oxygen atoms in total. The lowest BCUT2D eigenvalue weighted by Crippen LogP contribution is -2.29. The molecule has 1 amide bonds. The second kappa shape index (κ2) is 37.5. The summed E-state index contributed by atoms with van der Waals surface area (Å²) in [5.74, 6) is 0.0349. The number of ether oxygens (including phenoxy) is 13. The van der Waals surface area contributed by atoms with Gasteiger partial charge in [-0.05, 0) is 22.3 Å². The molecule has 0 atom stereocenters. The second-order valence-electron chi connectivity index (χ2n) is 12.4. The van der Waals surface area contributed by atoms with Gasteiger partial charge in [0.2, 0.25) is 0 Å². The Kier molecular flexibility index (Phi) is 33.4. The molecule has 3 N–H and O–H groups in total. The molecule has 0 saturated carbocycles. The Balaban J connectivity index is 0.0000116. The maximum absolute atomic E-state index is 12.2. The Morgan fingerprint density at radius 2 is 0.707 bits per heavy atom. The molecule has 17 heteroatoms. The third-order valence-corrected chi connectivity index (χ3v) is 8.21. The van der Waals surface area contributed by atoms with Gasteiger partial charge in [-0.3, -0.25) is 0 Å². The van der Waals surface area contributed by atoms with Crippen LogP contribution in [0.25, 0.3) is 11.1 Å². The molecule has 0 radical (unpaired) electrons. The van der Waals surface area contributed by atoms with Crippen LogP contribution < -0.4 is 11.1 Å². The molecule has 0 heterocycles. The van der Waals surface area contributed by atoms with E-state index in [1.54, 1.807) is 0 Å². The molecule has 0 aliphatic heterocycles. The summed E-state index contributed by atoms with van der Waals surface area (Å²) in [6.07, 6.45) is -0.454. The molecule has 0 fully saturated rings. The number of alkyl carbamates (subject to hydrolysis) is 1. The average molecular weight is 847 g/mol. The fraction of sp³-hybridized carbons (Fsp3) is 0.683. The lowest BCUT2D eigenvalue weighted by Gasteiger charge is -2.14. The van der Waals surface area contributed by atoms with Crippen LogP contribution in [0.2, 0.25) is 0 Å². The van der Waals surface area contributed by atoms with Crippen LogP contribution >= 0.6 is 12.4 Å². The smallest absolute Gasteiger partial charge is 0.407 e. The van der Waals surface area contributed by atoms with E-state index in [0.29, 0.717) is 172 Å². The Bertz CT molecular complexity index is 1210. The molecule has 332 valence electrons. The lowest BCUT2D eigenvalue weighted by atomic mass is 9.98. The van der Waals surface area contributed by atoms with Crippen molar-refractivity contribution in [3.05, 3.63) is 59.7 Å². The van der Waals surface area contributed by atoms with E-state index >= 15 is 0 Å². The van der Waals surface area contributed by atoms with Crippen LogP contribution in [0.15, 0.2) is 48.5 Å². The number of benzene rings is 2. The van der Waals surface area contributed by atoms with Gasteiger partial charge in [0, 0.05) is 19.0 Å². The molecule has 58 heavy (non-hydrogen) atoms. The zero-order chi connectivity index (χ0) is 40.1. The summed E-state index contributed by atoms with van der Waals surface area (Å²) in [6, 6.07) is 16.5. The number of carbonyl (C=O) groups excluding carboxylic acids is 1. The minimum absolute atomic E-state index is 0. The largest absolute Gasteiger partial charge is 0.449 e. The topological polar surface area (TPSA) is 175 Å². The summed E-state index contributed by atoms with van der Waals surface area (Å²) < 4.78 is 71.0. The molecule has 2 aromatic rings. The van der Waals surface area contributed by atoms with Crippen LogP contribution in [0, 0.1) is 0 Å². The van der Waals surface area contributed by atoms with E-state index in [9.17, 15) is 4.79 Å². The highest BCUT2D eigenvalue weighted by Gasteiger charge is 2.28. The summed E-state index contributed by atoms with van der Waals surface area (Å²) in [5.41, 5.74) is 10.1. The van der Waals surface area contributed by atoms with Gasteiger partial charge in [-0.2, -0.15) is 0 Å². The Hall–Kier alpha value is -2.52. The Morgan fingerprint density at radius 1 is 0.431 bits per heavy atom. The van der Waals surface area contributed by atoms with E-state index in [-0.39, 0.29) is 24.9 Å². The zero-order valence-electron chi connectivity index (χ0n) is 34.0. The SMILES string of the molecule is Cl.NCCOCCOCCOCCOCCOCCOCCOCCOCCOCCOCCOCCOCCNC(=O)OCC1c2ccccc2-c2ccccc21. The van der Waals surface area contributed by atoms with E-state index in [4.69, 9.17) is 67.3 Å². The van der Waals surface area contributed by atoms with Crippen LogP contribution in [0.5, 0.6) is 0 Å². The molecule has 0 bridgehead atoms. The molecule has 0 spiro atoms. The highest BCUT2D eigenvalue weighted by Crippen LogP contribution is 2.44. The molecular formula is C41H67ClN2O14. The molecule has 0 saturated heterocycles. The van der Waals surface area contributed by atoms with Crippen LogP contribution in [0.1, 0.15) is 17.0 Å². The number of amides is 1. The number of rotatable bonds is 40. The van der Waals surface area contributed by atoms with E-state index in [1.165, 1.54) is 22.3 Å². The van der Waals surface area contributed by atoms with E-state index in [2.05, 4.69) is 29.6 Å². The average Bonchev–Trinajstić information content (AvgIpc) is 3.55. The first-order valence-corrected chi connectivity index (χ1v) is 20.0. The predicted molar refractivity (Wildman–Crippen MR) is 219 cm³/mol. The van der Waals surface area contributed by atoms with Crippen LogP contribution in [-0.4, -0.2) is 184 Å². The van der Waals surface area contributed by atoms with Crippen molar-refractivity contribution in [3.8, 4) is 11.1 Å². The van der Waals surface area contributed by atoms with E-state index < -0.39 is 6.09 Å². The first-order valence-electron chi connectivity index (χ1n) is 20.0. The summed E-state index contributed by atoms with van der Waals surface area (Å²) in [4.78, 5) is 12.2. The first-order chi connectivity index (χ1) is 28.3. The highest BCUT2D eigenvalue weighted by atomic mass is 35.5. The lowest BCUT2D eigenvalue weighted by molar-refractivity contribution is -0.0282. The molecule has 0 aromatic heterocycles. The number of carbonyl (C=O) groups is 1. The van der Waals surface area contributed by atoms with E-state index in [1.807, 2.05) is 24.3 Å². The van der Waals surface area contributed by atoms with Crippen molar-refractivity contribution < 1.29 is 66.4 Å². The minimum Gasteiger partial charge on any atom is -0.449 e. The quantitative estimate of drug-likeness (QED) is 0.0936. The van der Waals surface area contributed by atoms with Crippen molar-refractivity contribution in [1.82, 2.24) is 5.32 Å². The number of halogens is 1. The Morgan fingerprint density at radius 3 is 1.02 bits per heavy atom. The molecule has 0 unspecified atom stereocenters. The Labute approximate surface area is 350 Å². The third-order valence-electron chi connectivity index (χ3n) is 8.21. The normalized spacial score (nSPS) is 12.0. The number of nitrogens with one attached hydrogen (secondary N) is 1. The van der Waals surface area contributed by atoms with Crippen molar-refractivity contribution in [2.75, 3.05) is 178 Å². The fourth-order valence-corrected chi connectivity index (χ4v) is 5.48. The highest BCUT2D eigenvalue weighted by molar-refractivity contribution is 5.85. The predicted octanol–water partition coefficient (Wildman–Crippen LogP) is 3.10. The number of fused-ring (bicyclic) bond motifs is 3. The summed E-state index contributed by atoms with van der Waals surface area (Å²) in [5, 5.41) is 2.74. The van der Waals surface area contributed by atoms with Gasteiger partial charge in [-0.25, -0.2) is 4.79 Å². The standard InChI is InChI=1S/C41H66N2O14.ClH/c42-9-11-45-13-15-47-17-19-49-21-23-51-25-27-53-29-31-55-33-34-56-32-30-54-28-26-52-24-22-50-20-18-48-16-14-46-12-10-43-41(44)57-35-40-38-7-3-1-5-36(38)37-6-2-4-8-39(37)40;/h1-8,40H,9-35,42H2,(H,43,44);1H. The molecule has 3 rings (SSSR count).